The Bertz CT molecular complexity index is 706. The molecule has 5 nitrogen and oxygen atoms in total. The first-order valence-corrected chi connectivity index (χ1v) is 7.50. The number of nitrogens with one attached hydrogen (secondary N) is 2. The molecular formula is C16H15Cl2N3O2. The number of pyridine rings is 1. The van der Waals surface area contributed by atoms with Crippen molar-refractivity contribution in [3.63, 3.8) is 0 Å². The van der Waals surface area contributed by atoms with Gasteiger partial charge in [0.05, 0.1) is 34.7 Å². The lowest BCUT2D eigenvalue weighted by molar-refractivity contribution is -0.115. The highest BCUT2D eigenvalue weighted by molar-refractivity contribution is 6.42. The molecule has 1 aromatic carbocycles. The van der Waals surface area contributed by atoms with Crippen LogP contribution in [-0.2, 0) is 9.63 Å². The van der Waals surface area contributed by atoms with Gasteiger partial charge in [-0.1, -0.05) is 29.3 Å². The second kappa shape index (κ2) is 8.53. The van der Waals surface area contributed by atoms with Gasteiger partial charge in [0.15, 0.2) is 0 Å². The van der Waals surface area contributed by atoms with Crippen molar-refractivity contribution in [2.24, 2.45) is 0 Å². The Labute approximate surface area is 144 Å². The van der Waals surface area contributed by atoms with Gasteiger partial charge in [0.25, 0.3) is 0 Å². The number of rotatable bonds is 6. The summed E-state index contributed by atoms with van der Waals surface area (Å²) in [7, 11) is 1.49. The predicted molar refractivity (Wildman–Crippen MR) is 92.1 cm³/mol. The van der Waals surface area contributed by atoms with Gasteiger partial charge in [0.2, 0.25) is 5.91 Å². The van der Waals surface area contributed by atoms with E-state index in [0.29, 0.717) is 21.4 Å². The van der Waals surface area contributed by atoms with Crippen LogP contribution in [0.5, 0.6) is 0 Å². The van der Waals surface area contributed by atoms with Crippen LogP contribution in [0.2, 0.25) is 10.0 Å². The molecule has 0 saturated heterocycles. The lowest BCUT2D eigenvalue weighted by Crippen LogP contribution is -2.13. The molecule has 0 saturated carbocycles. The van der Waals surface area contributed by atoms with Crippen LogP contribution in [-0.4, -0.2) is 18.0 Å². The molecule has 0 spiro atoms. The van der Waals surface area contributed by atoms with Crippen molar-refractivity contribution < 1.29 is 9.63 Å². The van der Waals surface area contributed by atoms with Gasteiger partial charge in [-0.3, -0.25) is 20.1 Å². The third-order valence-electron chi connectivity index (χ3n) is 2.88. The number of carbonyl (C=O) groups is 1. The highest BCUT2D eigenvalue weighted by Gasteiger charge is 2.07. The molecule has 0 aliphatic heterocycles. The van der Waals surface area contributed by atoms with Crippen LogP contribution in [0.25, 0.3) is 5.70 Å². The zero-order valence-electron chi connectivity index (χ0n) is 12.3. The molecule has 0 atom stereocenters. The van der Waals surface area contributed by atoms with Crippen LogP contribution in [0.3, 0.4) is 0 Å². The molecule has 1 heterocycles. The smallest absolute Gasteiger partial charge is 0.228 e. The van der Waals surface area contributed by atoms with Crippen molar-refractivity contribution in [2.75, 3.05) is 12.4 Å². The van der Waals surface area contributed by atoms with Gasteiger partial charge < -0.3 is 5.32 Å². The van der Waals surface area contributed by atoms with Crippen LogP contribution in [0.1, 0.15) is 12.0 Å². The summed E-state index contributed by atoms with van der Waals surface area (Å²) in [5.74, 6) is -0.173. The van der Waals surface area contributed by atoms with E-state index in [-0.39, 0.29) is 12.3 Å². The first-order chi connectivity index (χ1) is 11.1. The molecular weight excluding hydrogens is 337 g/mol. The van der Waals surface area contributed by atoms with Crippen LogP contribution in [0, 0.1) is 0 Å². The number of halogens is 2. The summed E-state index contributed by atoms with van der Waals surface area (Å²) < 4.78 is 0. The Morgan fingerprint density at radius 3 is 2.78 bits per heavy atom. The quantitative estimate of drug-likeness (QED) is 0.774. The molecule has 2 rings (SSSR count). The molecule has 7 heteroatoms. The summed E-state index contributed by atoms with van der Waals surface area (Å²) >= 11 is 11.9. The van der Waals surface area contributed by atoms with E-state index in [1.165, 1.54) is 7.11 Å². The third-order valence-corrected chi connectivity index (χ3v) is 3.62. The lowest BCUT2D eigenvalue weighted by Gasteiger charge is -2.10. The van der Waals surface area contributed by atoms with E-state index in [9.17, 15) is 4.79 Å². The largest absolute Gasteiger partial charge is 0.324 e. The van der Waals surface area contributed by atoms with Crippen LogP contribution in [0.15, 0.2) is 48.8 Å². The van der Waals surface area contributed by atoms with E-state index >= 15 is 0 Å². The highest BCUT2D eigenvalue weighted by Crippen LogP contribution is 2.25. The predicted octanol–water partition coefficient (Wildman–Crippen LogP) is 3.91. The summed E-state index contributed by atoms with van der Waals surface area (Å²) in [4.78, 5) is 20.9. The van der Waals surface area contributed by atoms with Crippen molar-refractivity contribution >= 4 is 40.5 Å². The average molecular weight is 352 g/mol. The second-order valence-electron chi connectivity index (χ2n) is 4.55. The molecule has 2 aromatic rings. The number of nitrogens with zero attached hydrogens (tertiary/aromatic N) is 1. The SMILES string of the molecule is CONC(=CCC(=O)Nc1cccnc1)c1ccc(Cl)c(Cl)c1. The van der Waals surface area contributed by atoms with E-state index in [2.05, 4.69) is 15.8 Å². The number of benzene rings is 1. The van der Waals surface area contributed by atoms with E-state index in [1.54, 1.807) is 48.8 Å². The summed E-state index contributed by atoms with van der Waals surface area (Å²) in [6.45, 7) is 0. The zero-order valence-corrected chi connectivity index (χ0v) is 13.9. The topological polar surface area (TPSA) is 63.2 Å². The molecule has 0 aliphatic rings. The molecule has 2 N–H and O–H groups in total. The van der Waals surface area contributed by atoms with Gasteiger partial charge in [-0.05, 0) is 30.3 Å². The normalized spacial score (nSPS) is 11.2. The molecule has 120 valence electrons. The average Bonchev–Trinajstić information content (AvgIpc) is 2.55. The number of hydroxylamine groups is 1. The van der Waals surface area contributed by atoms with Crippen LogP contribution >= 0.6 is 23.2 Å². The van der Waals surface area contributed by atoms with Gasteiger partial charge in [-0.15, -0.1) is 0 Å². The zero-order chi connectivity index (χ0) is 16.7. The Balaban J connectivity index is 2.09. The lowest BCUT2D eigenvalue weighted by atomic mass is 10.1. The van der Waals surface area contributed by atoms with Crippen molar-refractivity contribution in [2.45, 2.75) is 6.42 Å². The Morgan fingerprint density at radius 1 is 1.30 bits per heavy atom. The fraction of sp³-hybridized carbons (Fsp3) is 0.125. The minimum atomic E-state index is -0.173. The first-order valence-electron chi connectivity index (χ1n) is 6.74. The fourth-order valence-electron chi connectivity index (χ4n) is 1.84. The van der Waals surface area contributed by atoms with Gasteiger partial charge in [0.1, 0.15) is 0 Å². The van der Waals surface area contributed by atoms with Crippen LogP contribution in [0.4, 0.5) is 5.69 Å². The molecule has 0 aliphatic carbocycles. The number of amides is 1. The molecule has 1 amide bonds. The maximum absolute atomic E-state index is 12.0. The standard InChI is InChI=1S/C16H15Cl2N3O2/c1-23-21-15(11-4-5-13(17)14(18)9-11)6-7-16(22)20-12-3-2-8-19-10-12/h2-6,8-10,21H,7H2,1H3,(H,20,22). The minimum Gasteiger partial charge on any atom is -0.324 e. The maximum Gasteiger partial charge on any atom is 0.228 e. The summed E-state index contributed by atoms with van der Waals surface area (Å²) in [5.41, 5.74) is 4.75. The molecule has 23 heavy (non-hydrogen) atoms. The molecule has 0 unspecified atom stereocenters. The van der Waals surface area contributed by atoms with Gasteiger partial charge >= 0.3 is 0 Å². The van der Waals surface area contributed by atoms with Crippen molar-refractivity contribution in [1.29, 1.82) is 0 Å². The molecule has 1 aromatic heterocycles. The van der Waals surface area contributed by atoms with Crippen molar-refractivity contribution in [1.82, 2.24) is 10.5 Å². The van der Waals surface area contributed by atoms with E-state index < -0.39 is 0 Å². The van der Waals surface area contributed by atoms with Crippen molar-refractivity contribution in [3.05, 3.63) is 64.4 Å². The van der Waals surface area contributed by atoms with Gasteiger partial charge in [-0.2, -0.15) is 0 Å². The Kier molecular flexibility index (Phi) is 6.40. The number of aromatic nitrogens is 1. The third kappa shape index (κ3) is 5.25. The Morgan fingerprint density at radius 2 is 2.13 bits per heavy atom. The second-order valence-corrected chi connectivity index (χ2v) is 5.36. The highest BCUT2D eigenvalue weighted by atomic mass is 35.5. The molecule has 0 radical (unpaired) electrons. The van der Waals surface area contributed by atoms with Gasteiger partial charge in [0, 0.05) is 18.2 Å². The van der Waals surface area contributed by atoms with E-state index in [4.69, 9.17) is 28.0 Å². The fourth-order valence-corrected chi connectivity index (χ4v) is 2.13. The number of carbonyl (C=O) groups excluding carboxylic acids is 1. The summed E-state index contributed by atoms with van der Waals surface area (Å²) in [6.07, 6.45) is 5.07. The summed E-state index contributed by atoms with van der Waals surface area (Å²) in [5, 5.41) is 3.63. The molecule has 0 fully saturated rings. The number of anilines is 1. The van der Waals surface area contributed by atoms with E-state index in [0.717, 1.165) is 5.56 Å². The first kappa shape index (κ1) is 17.3. The van der Waals surface area contributed by atoms with Crippen LogP contribution < -0.4 is 10.8 Å². The minimum absolute atomic E-state index is 0.154. The summed E-state index contributed by atoms with van der Waals surface area (Å²) in [6, 6.07) is 8.67. The molecule has 0 bridgehead atoms. The van der Waals surface area contributed by atoms with Gasteiger partial charge in [-0.25, -0.2) is 0 Å². The number of hydrogen-bond donors (Lipinski definition) is 2. The van der Waals surface area contributed by atoms with Crippen molar-refractivity contribution in [3.8, 4) is 0 Å². The number of hydrogen-bond acceptors (Lipinski definition) is 4. The maximum atomic E-state index is 12.0. The Hall–Kier alpha value is -2.08. The monoisotopic (exact) mass is 351 g/mol. The van der Waals surface area contributed by atoms with E-state index in [1.807, 2.05) is 0 Å².